The molecule has 0 fully saturated rings. The second kappa shape index (κ2) is 5.36. The molecule has 1 unspecified atom stereocenters. The average Bonchev–Trinajstić information content (AvgIpc) is 2.68. The number of nitrogens with two attached hydrogens (primary N) is 1. The number of fused-ring (bicyclic) bond motifs is 1. The predicted molar refractivity (Wildman–Crippen MR) is 76.5 cm³/mol. The van der Waals surface area contributed by atoms with Crippen molar-refractivity contribution in [2.75, 3.05) is 0 Å². The zero-order valence-electron chi connectivity index (χ0n) is 11.2. The number of benzene rings is 1. The van der Waals surface area contributed by atoms with Crippen molar-refractivity contribution >= 4 is 11.0 Å². The Morgan fingerprint density at radius 3 is 2.94 bits per heavy atom. The Morgan fingerprint density at radius 2 is 2.28 bits per heavy atom. The maximum absolute atomic E-state index is 6.22. The van der Waals surface area contributed by atoms with Crippen LogP contribution >= 0.6 is 0 Å². The summed E-state index contributed by atoms with van der Waals surface area (Å²) < 4.78 is 2.17. The maximum Gasteiger partial charge on any atom is 0.127 e. The van der Waals surface area contributed by atoms with E-state index in [0.717, 1.165) is 36.2 Å². The maximum atomic E-state index is 6.22. The Balaban J connectivity index is 2.56. The molecule has 3 nitrogen and oxygen atoms in total. The molecule has 0 saturated heterocycles. The molecule has 0 aliphatic carbocycles. The highest BCUT2D eigenvalue weighted by Gasteiger charge is 2.15. The molecule has 0 aliphatic rings. The molecule has 18 heavy (non-hydrogen) atoms. The summed E-state index contributed by atoms with van der Waals surface area (Å²) in [6.07, 6.45) is 3.92. The number of hydrogen-bond acceptors (Lipinski definition) is 2. The number of allylic oxidation sites excluding steroid dienone is 1. The van der Waals surface area contributed by atoms with E-state index in [-0.39, 0.29) is 6.04 Å². The average molecular weight is 243 g/mol. The Bertz CT molecular complexity index is 554. The van der Waals surface area contributed by atoms with Gasteiger partial charge in [-0.25, -0.2) is 4.98 Å². The van der Waals surface area contributed by atoms with E-state index in [4.69, 9.17) is 10.7 Å². The summed E-state index contributed by atoms with van der Waals surface area (Å²) in [6, 6.07) is 6.33. The lowest BCUT2D eigenvalue weighted by molar-refractivity contribution is 0.574. The molecule has 0 amide bonds. The third-order valence-corrected chi connectivity index (χ3v) is 3.18. The van der Waals surface area contributed by atoms with Gasteiger partial charge in [0.25, 0.3) is 0 Å². The minimum atomic E-state index is 0.00246. The lowest BCUT2D eigenvalue weighted by atomic mass is 10.1. The van der Waals surface area contributed by atoms with Crippen molar-refractivity contribution in [3.63, 3.8) is 0 Å². The van der Waals surface area contributed by atoms with E-state index in [1.807, 2.05) is 6.08 Å². The van der Waals surface area contributed by atoms with Gasteiger partial charge in [-0.3, -0.25) is 0 Å². The highest BCUT2D eigenvalue weighted by molar-refractivity contribution is 5.77. The molecular formula is C15H21N3. The molecule has 1 heterocycles. The van der Waals surface area contributed by atoms with E-state index in [0.29, 0.717) is 0 Å². The Labute approximate surface area is 108 Å². The highest BCUT2D eigenvalue weighted by Crippen LogP contribution is 2.23. The van der Waals surface area contributed by atoms with Crippen LogP contribution in [0, 0.1) is 6.92 Å². The van der Waals surface area contributed by atoms with E-state index < -0.39 is 0 Å². The van der Waals surface area contributed by atoms with Gasteiger partial charge in [0.05, 0.1) is 17.1 Å². The van der Waals surface area contributed by atoms with Crippen molar-refractivity contribution in [3.05, 3.63) is 42.2 Å². The number of nitrogens with zero attached hydrogens (tertiary/aromatic N) is 2. The van der Waals surface area contributed by atoms with E-state index in [1.165, 1.54) is 5.56 Å². The van der Waals surface area contributed by atoms with Gasteiger partial charge in [-0.1, -0.05) is 25.5 Å². The fourth-order valence-electron chi connectivity index (χ4n) is 2.30. The lowest BCUT2D eigenvalue weighted by Gasteiger charge is -2.12. The van der Waals surface area contributed by atoms with Crippen molar-refractivity contribution in [1.82, 2.24) is 9.55 Å². The summed E-state index contributed by atoms with van der Waals surface area (Å²) in [7, 11) is 0. The number of rotatable bonds is 5. The van der Waals surface area contributed by atoms with Gasteiger partial charge in [0.2, 0.25) is 0 Å². The number of aromatic nitrogens is 2. The molecule has 0 radical (unpaired) electrons. The molecule has 1 aromatic heterocycles. The fraction of sp³-hybridized carbons (Fsp3) is 0.400. The van der Waals surface area contributed by atoms with Crippen LogP contribution in [-0.4, -0.2) is 9.55 Å². The first-order valence-corrected chi connectivity index (χ1v) is 6.50. The molecule has 1 aromatic carbocycles. The predicted octanol–water partition coefficient (Wildman–Crippen LogP) is 3.33. The van der Waals surface area contributed by atoms with Gasteiger partial charge in [0.15, 0.2) is 0 Å². The van der Waals surface area contributed by atoms with Crippen LogP contribution in [-0.2, 0) is 6.54 Å². The first kappa shape index (κ1) is 12.8. The Hall–Kier alpha value is -1.61. The second-order valence-electron chi connectivity index (χ2n) is 4.76. The van der Waals surface area contributed by atoms with Crippen LogP contribution in [0.25, 0.3) is 11.0 Å². The van der Waals surface area contributed by atoms with Gasteiger partial charge in [0, 0.05) is 6.54 Å². The van der Waals surface area contributed by atoms with E-state index in [1.54, 1.807) is 0 Å². The van der Waals surface area contributed by atoms with Crippen LogP contribution < -0.4 is 5.73 Å². The number of imidazole rings is 1. The molecule has 3 heteroatoms. The molecule has 96 valence electrons. The second-order valence-corrected chi connectivity index (χ2v) is 4.76. The molecule has 1 atom stereocenters. The summed E-state index contributed by atoms with van der Waals surface area (Å²) in [5.41, 5.74) is 9.61. The van der Waals surface area contributed by atoms with Crippen molar-refractivity contribution in [1.29, 1.82) is 0 Å². The highest BCUT2D eigenvalue weighted by atomic mass is 15.1. The number of aryl methyl sites for hydroxylation is 1. The van der Waals surface area contributed by atoms with Crippen LogP contribution in [0.2, 0.25) is 0 Å². The standard InChI is InChI=1S/C15H21N3/c1-4-6-12(16)15-17-13-10-11(3)7-8-14(13)18(15)9-5-2/h5,7-8,10,12H,2,4,6,9,16H2,1,3H3. The van der Waals surface area contributed by atoms with Gasteiger partial charge in [-0.05, 0) is 31.0 Å². The van der Waals surface area contributed by atoms with Crippen LogP contribution in [0.1, 0.15) is 37.2 Å². The smallest absolute Gasteiger partial charge is 0.127 e. The van der Waals surface area contributed by atoms with Crippen molar-refractivity contribution in [2.24, 2.45) is 5.73 Å². The summed E-state index contributed by atoms with van der Waals surface area (Å²) in [6.45, 7) is 8.80. The third-order valence-electron chi connectivity index (χ3n) is 3.18. The van der Waals surface area contributed by atoms with Crippen molar-refractivity contribution in [2.45, 2.75) is 39.3 Å². The normalized spacial score (nSPS) is 12.8. The number of hydrogen-bond donors (Lipinski definition) is 1. The summed E-state index contributed by atoms with van der Waals surface area (Å²) >= 11 is 0. The molecule has 2 aromatic rings. The minimum absolute atomic E-state index is 0.00246. The largest absolute Gasteiger partial charge is 0.323 e. The molecule has 2 N–H and O–H groups in total. The quantitative estimate of drug-likeness (QED) is 0.819. The Morgan fingerprint density at radius 1 is 1.50 bits per heavy atom. The molecule has 0 bridgehead atoms. The summed E-state index contributed by atoms with van der Waals surface area (Å²) in [5.74, 6) is 0.970. The van der Waals surface area contributed by atoms with Crippen molar-refractivity contribution < 1.29 is 0 Å². The monoisotopic (exact) mass is 243 g/mol. The van der Waals surface area contributed by atoms with Crippen LogP contribution in [0.4, 0.5) is 0 Å². The first-order valence-electron chi connectivity index (χ1n) is 6.50. The van der Waals surface area contributed by atoms with E-state index >= 15 is 0 Å². The summed E-state index contributed by atoms with van der Waals surface area (Å²) in [5, 5.41) is 0. The fourth-order valence-corrected chi connectivity index (χ4v) is 2.30. The topological polar surface area (TPSA) is 43.8 Å². The van der Waals surface area contributed by atoms with Crippen LogP contribution in [0.15, 0.2) is 30.9 Å². The SMILES string of the molecule is C=CCn1c(C(N)CCC)nc2cc(C)ccc21. The molecule has 0 aliphatic heterocycles. The summed E-state index contributed by atoms with van der Waals surface area (Å²) in [4.78, 5) is 4.70. The third kappa shape index (κ3) is 2.31. The zero-order chi connectivity index (χ0) is 13.1. The van der Waals surface area contributed by atoms with Crippen LogP contribution in [0.5, 0.6) is 0 Å². The van der Waals surface area contributed by atoms with E-state index in [9.17, 15) is 0 Å². The molecular weight excluding hydrogens is 222 g/mol. The first-order chi connectivity index (χ1) is 8.67. The minimum Gasteiger partial charge on any atom is -0.323 e. The zero-order valence-corrected chi connectivity index (χ0v) is 11.2. The molecule has 2 rings (SSSR count). The van der Waals surface area contributed by atoms with Gasteiger partial charge < -0.3 is 10.3 Å². The van der Waals surface area contributed by atoms with Gasteiger partial charge in [0.1, 0.15) is 5.82 Å². The van der Waals surface area contributed by atoms with Crippen molar-refractivity contribution in [3.8, 4) is 0 Å². The molecule has 0 saturated carbocycles. The van der Waals surface area contributed by atoms with Gasteiger partial charge >= 0.3 is 0 Å². The lowest BCUT2D eigenvalue weighted by Crippen LogP contribution is -2.16. The molecule has 0 spiro atoms. The Kier molecular flexibility index (Phi) is 3.82. The van der Waals surface area contributed by atoms with Gasteiger partial charge in [-0.2, -0.15) is 0 Å². The van der Waals surface area contributed by atoms with E-state index in [2.05, 4.69) is 43.2 Å². The van der Waals surface area contributed by atoms with Crippen LogP contribution in [0.3, 0.4) is 0 Å². The van der Waals surface area contributed by atoms with Gasteiger partial charge in [-0.15, -0.1) is 6.58 Å².